The van der Waals surface area contributed by atoms with Gasteiger partial charge in [-0.1, -0.05) is 20.3 Å². The summed E-state index contributed by atoms with van der Waals surface area (Å²) in [6, 6.07) is -4.70. The predicted octanol–water partition coefficient (Wildman–Crippen LogP) is -5.34. The van der Waals surface area contributed by atoms with Crippen molar-refractivity contribution in [2.45, 2.75) is 63.9 Å². The number of quaternary nitrogens is 1. The molecule has 0 aromatic carbocycles. The van der Waals surface area contributed by atoms with Crippen molar-refractivity contribution in [2.75, 3.05) is 38.2 Å². The minimum atomic E-state index is -1.58. The van der Waals surface area contributed by atoms with Gasteiger partial charge in [-0.15, -0.1) is 0 Å². The zero-order chi connectivity index (χ0) is 32.4. The van der Waals surface area contributed by atoms with Gasteiger partial charge in [-0.05, 0) is 31.3 Å². The molecule has 0 saturated carbocycles. The third-order valence-corrected chi connectivity index (χ3v) is 6.65. The van der Waals surface area contributed by atoms with Gasteiger partial charge >= 0.3 is 5.97 Å². The summed E-state index contributed by atoms with van der Waals surface area (Å²) in [5, 5.41) is 41.8. The summed E-state index contributed by atoms with van der Waals surface area (Å²) in [7, 11) is 0. The van der Waals surface area contributed by atoms with E-state index >= 15 is 0 Å². The van der Waals surface area contributed by atoms with Crippen LogP contribution in [0.4, 0.5) is 0 Å². The lowest BCUT2D eigenvalue weighted by atomic mass is 9.97. The summed E-state index contributed by atoms with van der Waals surface area (Å²) >= 11 is 1.42. The highest BCUT2D eigenvalue weighted by Gasteiger charge is 2.32. The van der Waals surface area contributed by atoms with Crippen molar-refractivity contribution < 1.29 is 54.6 Å². The van der Waals surface area contributed by atoms with Crippen molar-refractivity contribution in [1.29, 1.82) is 0 Å². The number of aliphatic hydroxyl groups is 2. The molecular weight excluding hydrogens is 578 g/mol. The topological polar surface area (TPSA) is 280 Å². The third kappa shape index (κ3) is 14.9. The van der Waals surface area contributed by atoms with E-state index in [1.165, 1.54) is 18.7 Å². The summed E-state index contributed by atoms with van der Waals surface area (Å²) < 4.78 is 0. The smallest absolute Gasteiger partial charge is 0.328 e. The molecule has 0 fully saturated rings. The highest BCUT2D eigenvalue weighted by molar-refractivity contribution is 7.98. The molecule has 0 aliphatic heterocycles. The number of aliphatic carboxylic acids is 1. The second-order valence-corrected chi connectivity index (χ2v) is 10.5. The number of carboxylic acids is 1. The summed E-state index contributed by atoms with van der Waals surface area (Å²) in [6.07, 6.45) is 1.08. The van der Waals surface area contributed by atoms with E-state index in [-0.39, 0.29) is 6.42 Å². The first kappa shape index (κ1) is 38.5. The van der Waals surface area contributed by atoms with E-state index in [2.05, 4.69) is 37.6 Å². The average Bonchev–Trinajstić information content (AvgIpc) is 2.95. The zero-order valence-electron chi connectivity index (χ0n) is 24.2. The Balaban J connectivity index is 4.94. The Kier molecular flexibility index (Phi) is 18.7. The van der Waals surface area contributed by atoms with Gasteiger partial charge in [-0.3, -0.25) is 28.8 Å². The maximum Gasteiger partial charge on any atom is 0.328 e. The number of aliphatic hydroxyl groups excluding tert-OH is 2. The Morgan fingerprint density at radius 3 is 1.86 bits per heavy atom. The normalized spacial score (nSPS) is 15.0. The fraction of sp³-hybridized carbons (Fsp3) is 0.708. The maximum atomic E-state index is 12.6. The molecule has 0 aliphatic rings. The molecule has 17 nitrogen and oxygen atoms in total. The van der Waals surface area contributed by atoms with Gasteiger partial charge < -0.3 is 53.0 Å². The van der Waals surface area contributed by atoms with Crippen molar-refractivity contribution in [1.82, 2.24) is 31.9 Å². The Morgan fingerprint density at radius 1 is 0.786 bits per heavy atom. The van der Waals surface area contributed by atoms with Crippen LogP contribution in [0.3, 0.4) is 0 Å². The van der Waals surface area contributed by atoms with Crippen LogP contribution in [0.15, 0.2) is 0 Å². The lowest BCUT2D eigenvalue weighted by Gasteiger charge is -2.26. The number of carbonyl (C=O) groups excluding carboxylic acids is 6. The van der Waals surface area contributed by atoms with Gasteiger partial charge in [0.2, 0.25) is 29.5 Å². The van der Waals surface area contributed by atoms with Gasteiger partial charge in [-0.25, -0.2) is 4.79 Å². The van der Waals surface area contributed by atoms with Crippen LogP contribution in [-0.4, -0.2) is 125 Å². The molecule has 0 saturated heterocycles. The molecule has 12 N–H and O–H groups in total. The van der Waals surface area contributed by atoms with Crippen LogP contribution in [0.25, 0.3) is 0 Å². The number of nitrogens with one attached hydrogen (secondary N) is 6. The highest BCUT2D eigenvalue weighted by Crippen LogP contribution is 2.09. The molecule has 0 aromatic heterocycles. The Labute approximate surface area is 247 Å². The fourth-order valence-corrected chi connectivity index (χ4v) is 3.71. The van der Waals surface area contributed by atoms with Crippen LogP contribution in [0.5, 0.6) is 0 Å². The molecule has 6 atom stereocenters. The van der Waals surface area contributed by atoms with Crippen molar-refractivity contribution in [2.24, 2.45) is 5.92 Å². The Bertz CT molecular complexity index is 953. The molecule has 0 spiro atoms. The Hall–Kier alpha value is -3.48. The number of rotatable bonds is 20. The van der Waals surface area contributed by atoms with E-state index in [0.29, 0.717) is 12.2 Å². The molecule has 0 heterocycles. The molecule has 42 heavy (non-hydrogen) atoms. The Morgan fingerprint density at radius 2 is 1.33 bits per heavy atom. The number of carboxylic acid groups (broad SMARTS) is 1. The van der Waals surface area contributed by atoms with Crippen molar-refractivity contribution >= 4 is 53.2 Å². The minimum absolute atomic E-state index is 0.224. The first-order valence-electron chi connectivity index (χ1n) is 13.2. The average molecular weight is 623 g/mol. The van der Waals surface area contributed by atoms with Gasteiger partial charge in [0.15, 0.2) is 12.1 Å². The summed E-state index contributed by atoms with van der Waals surface area (Å²) in [5.74, 6) is -5.66. The standard InChI is InChI=1S/C24H43N7O10S/c1-5-12(2)19(23(39)31-20(13(3)33)24(40)41)30-18(36)9-26-16(34)8-28-22(38)15(6-7-42-4)29-17(35)10-27-21(37)14(25)11-32/h12-15,19-20,32-33H,5-11,25H2,1-4H3,(H,26,34)(H,27,37)(H,28,38)(H,29,35)(H,30,36)(H,31,39)(H,40,41)/p+1/t12-,13+,14-,15-,19-,20-/m0/s1. The van der Waals surface area contributed by atoms with E-state index < -0.39 is 104 Å². The predicted molar refractivity (Wildman–Crippen MR) is 150 cm³/mol. The van der Waals surface area contributed by atoms with Crippen molar-refractivity contribution in [3.05, 3.63) is 0 Å². The SMILES string of the molecule is CC[C@H](C)[C@H](NC(=O)CNC(=O)CNC(=O)[C@H](CCSC)NC(=O)CNC(=O)[C@@H]([NH3+])CO)C(=O)N[C@H](C(=O)O)[C@@H](C)O. The second-order valence-electron chi connectivity index (χ2n) is 9.49. The van der Waals surface area contributed by atoms with Crippen LogP contribution >= 0.6 is 11.8 Å². The third-order valence-electron chi connectivity index (χ3n) is 6.00. The molecule has 6 amide bonds. The summed E-state index contributed by atoms with van der Waals surface area (Å²) in [5.41, 5.74) is 3.42. The summed E-state index contributed by atoms with van der Waals surface area (Å²) in [6.45, 7) is 2.58. The van der Waals surface area contributed by atoms with Crippen LogP contribution < -0.4 is 37.6 Å². The monoisotopic (exact) mass is 622 g/mol. The molecular formula is C24H44N7O10S+. The molecule has 0 aromatic rings. The minimum Gasteiger partial charge on any atom is -0.480 e. The van der Waals surface area contributed by atoms with E-state index in [1.807, 2.05) is 0 Å². The van der Waals surface area contributed by atoms with Gasteiger partial charge in [0.25, 0.3) is 5.91 Å². The van der Waals surface area contributed by atoms with Gasteiger partial charge in [-0.2, -0.15) is 11.8 Å². The molecule has 0 aliphatic carbocycles. The number of carbonyl (C=O) groups is 7. The number of hydrogen-bond acceptors (Lipinski definition) is 10. The number of amides is 6. The van der Waals surface area contributed by atoms with E-state index in [1.54, 1.807) is 20.1 Å². The van der Waals surface area contributed by atoms with Crippen molar-refractivity contribution in [3.8, 4) is 0 Å². The largest absolute Gasteiger partial charge is 0.480 e. The summed E-state index contributed by atoms with van der Waals surface area (Å²) in [4.78, 5) is 85.1. The highest BCUT2D eigenvalue weighted by atomic mass is 32.2. The van der Waals surface area contributed by atoms with Crippen LogP contribution in [0.1, 0.15) is 33.6 Å². The number of hydrogen-bond donors (Lipinski definition) is 10. The van der Waals surface area contributed by atoms with E-state index in [4.69, 9.17) is 5.11 Å². The lowest BCUT2D eigenvalue weighted by Crippen LogP contribution is -2.69. The number of thioether (sulfide) groups is 1. The lowest BCUT2D eigenvalue weighted by molar-refractivity contribution is -0.409. The second kappa shape index (κ2) is 20.4. The van der Waals surface area contributed by atoms with Gasteiger partial charge in [0.05, 0.1) is 25.7 Å². The van der Waals surface area contributed by atoms with Crippen LogP contribution in [-0.2, 0) is 33.6 Å². The fourth-order valence-electron chi connectivity index (χ4n) is 3.23. The van der Waals surface area contributed by atoms with E-state index in [9.17, 15) is 43.8 Å². The molecule has 0 unspecified atom stereocenters. The van der Waals surface area contributed by atoms with Gasteiger partial charge in [0.1, 0.15) is 18.7 Å². The molecule has 18 heteroatoms. The zero-order valence-corrected chi connectivity index (χ0v) is 25.0. The maximum absolute atomic E-state index is 12.6. The molecule has 0 radical (unpaired) electrons. The first-order valence-corrected chi connectivity index (χ1v) is 14.6. The van der Waals surface area contributed by atoms with Crippen LogP contribution in [0.2, 0.25) is 0 Å². The molecule has 0 bridgehead atoms. The van der Waals surface area contributed by atoms with Crippen molar-refractivity contribution in [3.63, 3.8) is 0 Å². The van der Waals surface area contributed by atoms with E-state index in [0.717, 1.165) is 0 Å². The quantitative estimate of drug-likeness (QED) is 0.0612. The molecule has 240 valence electrons. The van der Waals surface area contributed by atoms with Crippen LogP contribution in [0, 0.1) is 5.92 Å². The van der Waals surface area contributed by atoms with Gasteiger partial charge in [0, 0.05) is 0 Å². The molecule has 0 rings (SSSR count). The first-order chi connectivity index (χ1) is 19.7.